The standard InChI is InChI=1S/C20H27N5O/c1-14(20(26)24(2)17-6-4-3-5-7-17)25-12-10-16(11-13-25)19-21-18(22-23-19)15-8-9-15/h3-7,14-16H,8-13H2,1-2H3,(H,21,22,23)/t14-/m0/s1. The number of anilines is 1. The molecule has 6 heteroatoms. The first-order valence-electron chi connectivity index (χ1n) is 9.62. The SMILES string of the molecule is C[C@@H](C(=O)N(C)c1ccccc1)N1CCC(c2nc(C3CC3)n[nH]2)CC1. The quantitative estimate of drug-likeness (QED) is 0.898. The Morgan fingerprint density at radius 2 is 1.85 bits per heavy atom. The van der Waals surface area contributed by atoms with Crippen LogP contribution in [0.4, 0.5) is 5.69 Å². The molecule has 2 aliphatic rings. The molecule has 1 aromatic carbocycles. The van der Waals surface area contributed by atoms with Crippen LogP contribution >= 0.6 is 0 Å². The number of likely N-dealkylation sites (N-methyl/N-ethyl adjacent to an activating group) is 1. The van der Waals surface area contributed by atoms with Crippen LogP contribution < -0.4 is 4.90 Å². The number of likely N-dealkylation sites (tertiary alicyclic amines) is 1. The fourth-order valence-electron chi connectivity index (χ4n) is 3.77. The first-order chi connectivity index (χ1) is 12.6. The highest BCUT2D eigenvalue weighted by Gasteiger charge is 2.32. The van der Waals surface area contributed by atoms with Crippen LogP contribution in [0.15, 0.2) is 30.3 Å². The summed E-state index contributed by atoms with van der Waals surface area (Å²) in [6.07, 6.45) is 4.49. The van der Waals surface area contributed by atoms with E-state index in [1.807, 2.05) is 44.3 Å². The number of aromatic nitrogens is 3. The lowest BCUT2D eigenvalue weighted by Gasteiger charge is -2.36. The molecular weight excluding hydrogens is 326 g/mol. The molecule has 2 aromatic rings. The van der Waals surface area contributed by atoms with Crippen molar-refractivity contribution in [1.82, 2.24) is 20.1 Å². The minimum absolute atomic E-state index is 0.113. The van der Waals surface area contributed by atoms with E-state index in [2.05, 4.69) is 15.1 Å². The summed E-state index contributed by atoms with van der Waals surface area (Å²) in [4.78, 5) is 21.6. The molecule has 1 amide bonds. The highest BCUT2D eigenvalue weighted by Crippen LogP contribution is 2.38. The molecule has 0 unspecified atom stereocenters. The molecule has 6 nitrogen and oxygen atoms in total. The molecule has 1 saturated carbocycles. The Bertz CT molecular complexity index is 747. The van der Waals surface area contributed by atoms with Crippen molar-refractivity contribution in [3.63, 3.8) is 0 Å². The first-order valence-corrected chi connectivity index (χ1v) is 9.62. The molecule has 1 atom stereocenters. The molecule has 1 saturated heterocycles. The van der Waals surface area contributed by atoms with Crippen molar-refractivity contribution in [2.45, 2.75) is 50.5 Å². The van der Waals surface area contributed by atoms with Crippen molar-refractivity contribution in [2.24, 2.45) is 0 Å². The topological polar surface area (TPSA) is 65.1 Å². The van der Waals surface area contributed by atoms with Crippen LogP contribution in [-0.2, 0) is 4.79 Å². The van der Waals surface area contributed by atoms with Crippen LogP contribution in [0.25, 0.3) is 0 Å². The van der Waals surface area contributed by atoms with Gasteiger partial charge in [0.25, 0.3) is 0 Å². The number of carbonyl (C=O) groups is 1. The van der Waals surface area contributed by atoms with Crippen LogP contribution in [0.2, 0.25) is 0 Å². The molecule has 1 N–H and O–H groups in total. The van der Waals surface area contributed by atoms with Gasteiger partial charge in [-0.05, 0) is 57.8 Å². The average molecular weight is 353 g/mol. The molecule has 0 bridgehead atoms. The van der Waals surface area contributed by atoms with E-state index in [-0.39, 0.29) is 11.9 Å². The van der Waals surface area contributed by atoms with E-state index in [1.54, 1.807) is 4.90 Å². The summed E-state index contributed by atoms with van der Waals surface area (Å²) in [6, 6.07) is 9.72. The summed E-state index contributed by atoms with van der Waals surface area (Å²) in [7, 11) is 1.86. The number of aromatic amines is 1. The number of H-pyrrole nitrogens is 1. The number of hydrogen-bond donors (Lipinski definition) is 1. The van der Waals surface area contributed by atoms with E-state index < -0.39 is 0 Å². The minimum Gasteiger partial charge on any atom is -0.314 e. The van der Waals surface area contributed by atoms with E-state index >= 15 is 0 Å². The Balaban J connectivity index is 1.33. The predicted octanol–water partition coefficient (Wildman–Crippen LogP) is 2.91. The normalized spacial score (nSPS) is 20.1. The maximum Gasteiger partial charge on any atom is 0.243 e. The summed E-state index contributed by atoms with van der Waals surface area (Å²) in [5.74, 6) is 3.19. The molecule has 4 rings (SSSR count). The van der Waals surface area contributed by atoms with Gasteiger partial charge in [-0.25, -0.2) is 4.98 Å². The van der Waals surface area contributed by atoms with Gasteiger partial charge in [0.2, 0.25) is 5.91 Å². The summed E-state index contributed by atoms with van der Waals surface area (Å²) >= 11 is 0. The van der Waals surface area contributed by atoms with Crippen molar-refractivity contribution in [3.8, 4) is 0 Å². The average Bonchev–Trinajstić information content (AvgIpc) is 3.44. The predicted molar refractivity (Wildman–Crippen MR) is 101 cm³/mol. The third kappa shape index (κ3) is 3.51. The second-order valence-electron chi connectivity index (χ2n) is 7.57. The summed E-state index contributed by atoms with van der Waals surface area (Å²) in [6.45, 7) is 3.85. The van der Waals surface area contributed by atoms with Gasteiger partial charge in [-0.15, -0.1) is 0 Å². The van der Waals surface area contributed by atoms with Crippen LogP contribution in [0.5, 0.6) is 0 Å². The molecule has 26 heavy (non-hydrogen) atoms. The molecule has 2 fully saturated rings. The Morgan fingerprint density at radius 3 is 2.50 bits per heavy atom. The zero-order chi connectivity index (χ0) is 18.1. The fraction of sp³-hybridized carbons (Fsp3) is 0.550. The Labute approximate surface area is 154 Å². The minimum atomic E-state index is -0.113. The van der Waals surface area contributed by atoms with E-state index in [4.69, 9.17) is 4.98 Å². The molecule has 2 heterocycles. The lowest BCUT2D eigenvalue weighted by molar-refractivity contribution is -0.123. The van der Waals surface area contributed by atoms with Gasteiger partial charge in [-0.1, -0.05) is 18.2 Å². The zero-order valence-electron chi connectivity index (χ0n) is 15.6. The highest BCUT2D eigenvalue weighted by molar-refractivity contribution is 5.96. The summed E-state index contributed by atoms with van der Waals surface area (Å²) < 4.78 is 0. The smallest absolute Gasteiger partial charge is 0.243 e. The third-order valence-corrected chi connectivity index (χ3v) is 5.76. The van der Waals surface area contributed by atoms with Crippen molar-refractivity contribution in [1.29, 1.82) is 0 Å². The van der Waals surface area contributed by atoms with Gasteiger partial charge in [-0.3, -0.25) is 14.8 Å². The first kappa shape index (κ1) is 17.2. The number of nitrogens with one attached hydrogen (secondary N) is 1. The third-order valence-electron chi connectivity index (χ3n) is 5.76. The van der Waals surface area contributed by atoms with Gasteiger partial charge in [-0.2, -0.15) is 5.10 Å². The zero-order valence-corrected chi connectivity index (χ0v) is 15.6. The van der Waals surface area contributed by atoms with Gasteiger partial charge >= 0.3 is 0 Å². The molecule has 1 aromatic heterocycles. The number of para-hydroxylation sites is 1. The van der Waals surface area contributed by atoms with Gasteiger partial charge < -0.3 is 4.90 Å². The van der Waals surface area contributed by atoms with Crippen molar-refractivity contribution in [3.05, 3.63) is 42.0 Å². The number of amides is 1. The Hall–Kier alpha value is -2.21. The summed E-state index contributed by atoms with van der Waals surface area (Å²) in [5, 5.41) is 7.53. The van der Waals surface area contributed by atoms with E-state index in [0.29, 0.717) is 11.8 Å². The monoisotopic (exact) mass is 353 g/mol. The molecule has 138 valence electrons. The van der Waals surface area contributed by atoms with Crippen LogP contribution in [0.1, 0.15) is 56.1 Å². The largest absolute Gasteiger partial charge is 0.314 e. The molecule has 1 aliphatic heterocycles. The van der Waals surface area contributed by atoms with Crippen LogP contribution in [0.3, 0.4) is 0 Å². The van der Waals surface area contributed by atoms with Gasteiger partial charge in [0, 0.05) is 24.6 Å². The van der Waals surface area contributed by atoms with Crippen LogP contribution in [-0.4, -0.2) is 52.2 Å². The van der Waals surface area contributed by atoms with Crippen molar-refractivity contribution >= 4 is 11.6 Å². The molecular formula is C20H27N5O. The Morgan fingerprint density at radius 1 is 1.15 bits per heavy atom. The van der Waals surface area contributed by atoms with E-state index in [9.17, 15) is 4.79 Å². The van der Waals surface area contributed by atoms with Crippen LogP contribution in [0, 0.1) is 0 Å². The maximum atomic E-state index is 12.8. The number of rotatable bonds is 5. The fourth-order valence-corrected chi connectivity index (χ4v) is 3.77. The van der Waals surface area contributed by atoms with Gasteiger partial charge in [0.15, 0.2) is 5.82 Å². The summed E-state index contributed by atoms with van der Waals surface area (Å²) in [5.41, 5.74) is 0.938. The van der Waals surface area contributed by atoms with Gasteiger partial charge in [0.05, 0.1) is 6.04 Å². The maximum absolute atomic E-state index is 12.8. The van der Waals surface area contributed by atoms with Crippen molar-refractivity contribution < 1.29 is 4.79 Å². The second-order valence-corrected chi connectivity index (χ2v) is 7.57. The van der Waals surface area contributed by atoms with Gasteiger partial charge in [0.1, 0.15) is 5.82 Å². The van der Waals surface area contributed by atoms with Crippen molar-refractivity contribution in [2.75, 3.05) is 25.0 Å². The number of hydrogen-bond acceptors (Lipinski definition) is 4. The number of piperidine rings is 1. The highest BCUT2D eigenvalue weighted by atomic mass is 16.2. The number of nitrogens with zero attached hydrogens (tertiary/aromatic N) is 4. The lowest BCUT2D eigenvalue weighted by atomic mass is 9.95. The number of carbonyl (C=O) groups excluding carboxylic acids is 1. The Kier molecular flexibility index (Phi) is 4.76. The lowest BCUT2D eigenvalue weighted by Crippen LogP contribution is -2.48. The molecule has 0 spiro atoms. The van der Waals surface area contributed by atoms with E-state index in [1.165, 1.54) is 12.8 Å². The molecule has 1 aliphatic carbocycles. The van der Waals surface area contributed by atoms with E-state index in [0.717, 1.165) is 43.3 Å². The number of benzene rings is 1. The second kappa shape index (κ2) is 7.19. The molecule has 0 radical (unpaired) electrons.